The molecule has 0 unspecified atom stereocenters. The number of fused-ring (bicyclic) bond motifs is 1. The highest BCUT2D eigenvalue weighted by Crippen LogP contribution is 2.35. The second-order valence-electron chi connectivity index (χ2n) is 5.89. The van der Waals surface area contributed by atoms with E-state index in [0.717, 1.165) is 10.6 Å². The molecule has 148 valence electrons. The Bertz CT molecular complexity index is 1140. The van der Waals surface area contributed by atoms with Gasteiger partial charge in [0.15, 0.2) is 5.65 Å². The predicted octanol–water partition coefficient (Wildman–Crippen LogP) is 2.43. The third kappa shape index (κ3) is 3.63. The summed E-state index contributed by atoms with van der Waals surface area (Å²) in [4.78, 5) is 30.5. The number of pyridine rings is 1. The lowest BCUT2D eigenvalue weighted by Crippen LogP contribution is -2.33. The van der Waals surface area contributed by atoms with E-state index in [1.54, 1.807) is 18.2 Å². The van der Waals surface area contributed by atoms with E-state index in [4.69, 9.17) is 9.47 Å². The molecular weight excluding hydrogens is 379 g/mol. The Balaban J connectivity index is 2.41. The van der Waals surface area contributed by atoms with Crippen molar-refractivity contribution in [1.82, 2.24) is 14.5 Å². The zero-order valence-corrected chi connectivity index (χ0v) is 15.0. The lowest BCUT2D eigenvalue weighted by atomic mass is 10.1. The molecule has 1 N–H and O–H groups in total. The van der Waals surface area contributed by atoms with Crippen LogP contribution in [0.5, 0.6) is 5.75 Å². The number of halogens is 3. The molecule has 7 nitrogen and oxygen atoms in total. The molecule has 0 aliphatic rings. The summed E-state index contributed by atoms with van der Waals surface area (Å²) in [6.45, 7) is -0.0258. The minimum absolute atomic E-state index is 0.0464. The molecule has 3 rings (SSSR count). The van der Waals surface area contributed by atoms with Crippen molar-refractivity contribution in [3.8, 4) is 17.0 Å². The number of H-pyrrole nitrogens is 1. The van der Waals surface area contributed by atoms with Gasteiger partial charge in [-0.3, -0.25) is 14.3 Å². The molecule has 0 atom stereocenters. The maximum absolute atomic E-state index is 13.7. The summed E-state index contributed by atoms with van der Waals surface area (Å²) in [7, 11) is 2.81. The Hall–Kier alpha value is -3.14. The molecule has 28 heavy (non-hydrogen) atoms. The van der Waals surface area contributed by atoms with Crippen LogP contribution in [-0.2, 0) is 17.5 Å². The van der Waals surface area contributed by atoms with Crippen molar-refractivity contribution >= 4 is 11.0 Å². The third-order valence-electron chi connectivity index (χ3n) is 4.14. The van der Waals surface area contributed by atoms with Crippen LogP contribution in [0.3, 0.4) is 0 Å². The summed E-state index contributed by atoms with van der Waals surface area (Å²) < 4.78 is 52.1. The first-order valence-corrected chi connectivity index (χ1v) is 8.14. The summed E-state index contributed by atoms with van der Waals surface area (Å²) >= 11 is 0. The van der Waals surface area contributed by atoms with Crippen LogP contribution < -0.4 is 16.0 Å². The number of benzene rings is 1. The Morgan fingerprint density at radius 2 is 1.93 bits per heavy atom. The Morgan fingerprint density at radius 3 is 2.57 bits per heavy atom. The van der Waals surface area contributed by atoms with E-state index in [9.17, 15) is 22.8 Å². The maximum atomic E-state index is 13.7. The monoisotopic (exact) mass is 395 g/mol. The topological polar surface area (TPSA) is 86.2 Å². The van der Waals surface area contributed by atoms with Crippen LogP contribution in [0.25, 0.3) is 22.3 Å². The SMILES string of the molecule is COCCn1c(=O)[nH]c(=O)c2c(C(F)(F)F)cc(-c3cccc(OC)c3)nc21. The summed E-state index contributed by atoms with van der Waals surface area (Å²) in [5, 5.41) is -0.699. The van der Waals surface area contributed by atoms with Gasteiger partial charge in [0.25, 0.3) is 5.56 Å². The molecular formula is C18H16F3N3O4. The Morgan fingerprint density at radius 1 is 1.18 bits per heavy atom. The minimum Gasteiger partial charge on any atom is -0.497 e. The highest BCUT2D eigenvalue weighted by molar-refractivity contribution is 5.82. The molecule has 2 heterocycles. The molecule has 0 amide bonds. The number of alkyl halides is 3. The molecule has 0 saturated heterocycles. The number of nitrogens with zero attached hydrogens (tertiary/aromatic N) is 2. The molecule has 0 aliphatic carbocycles. The molecule has 0 radical (unpaired) electrons. The first-order valence-electron chi connectivity index (χ1n) is 8.14. The van der Waals surface area contributed by atoms with E-state index in [2.05, 4.69) is 4.98 Å². The van der Waals surface area contributed by atoms with Crippen molar-refractivity contribution in [3.63, 3.8) is 0 Å². The van der Waals surface area contributed by atoms with Gasteiger partial charge in [-0.1, -0.05) is 12.1 Å². The number of hydrogen-bond donors (Lipinski definition) is 1. The highest BCUT2D eigenvalue weighted by atomic mass is 19.4. The smallest absolute Gasteiger partial charge is 0.417 e. The molecule has 0 fully saturated rings. The zero-order chi connectivity index (χ0) is 20.5. The minimum atomic E-state index is -4.83. The van der Waals surface area contributed by atoms with Crippen molar-refractivity contribution in [1.29, 1.82) is 0 Å². The van der Waals surface area contributed by atoms with Crippen molar-refractivity contribution < 1.29 is 22.6 Å². The molecule has 0 saturated carbocycles. The standard InChI is InChI=1S/C18H16F3N3O4/c1-27-7-6-24-15-14(16(25)23-17(24)26)12(18(19,20)21)9-13(22-15)10-4-3-5-11(8-10)28-2/h3-5,8-9H,6-7H2,1-2H3,(H,23,25,26). The van der Waals surface area contributed by atoms with Gasteiger partial charge in [0, 0.05) is 12.7 Å². The number of rotatable bonds is 5. The molecule has 0 spiro atoms. The van der Waals surface area contributed by atoms with Crippen molar-refractivity contribution in [2.75, 3.05) is 20.8 Å². The number of aromatic nitrogens is 3. The van der Waals surface area contributed by atoms with E-state index in [1.807, 2.05) is 4.98 Å². The summed E-state index contributed by atoms with van der Waals surface area (Å²) in [5.74, 6) is 0.427. The number of aromatic amines is 1. The van der Waals surface area contributed by atoms with E-state index >= 15 is 0 Å². The zero-order valence-electron chi connectivity index (χ0n) is 15.0. The van der Waals surface area contributed by atoms with Crippen LogP contribution in [0, 0.1) is 0 Å². The lowest BCUT2D eigenvalue weighted by molar-refractivity contribution is -0.136. The van der Waals surface area contributed by atoms with Crippen LogP contribution in [0.15, 0.2) is 39.9 Å². The average Bonchev–Trinajstić information content (AvgIpc) is 2.66. The van der Waals surface area contributed by atoms with Gasteiger partial charge < -0.3 is 9.47 Å². The van der Waals surface area contributed by atoms with E-state index < -0.39 is 28.4 Å². The second kappa shape index (κ2) is 7.47. The number of nitrogens with one attached hydrogen (secondary N) is 1. The number of hydrogen-bond acceptors (Lipinski definition) is 5. The van der Waals surface area contributed by atoms with Crippen molar-refractivity contribution in [2.24, 2.45) is 0 Å². The van der Waals surface area contributed by atoms with Crippen LogP contribution in [0.2, 0.25) is 0 Å². The van der Waals surface area contributed by atoms with E-state index in [-0.39, 0.29) is 24.5 Å². The Kier molecular flexibility index (Phi) is 5.23. The van der Waals surface area contributed by atoms with Gasteiger partial charge in [0.1, 0.15) is 5.75 Å². The fourth-order valence-corrected chi connectivity index (χ4v) is 2.82. The van der Waals surface area contributed by atoms with Gasteiger partial charge in [-0.2, -0.15) is 13.2 Å². The Labute approximate surface area is 156 Å². The molecule has 0 bridgehead atoms. The normalized spacial score (nSPS) is 11.8. The van der Waals surface area contributed by atoms with Gasteiger partial charge >= 0.3 is 11.9 Å². The first kappa shape index (κ1) is 19.6. The first-order chi connectivity index (χ1) is 13.3. The van der Waals surface area contributed by atoms with Gasteiger partial charge in [-0.25, -0.2) is 9.78 Å². The molecule has 2 aromatic heterocycles. The van der Waals surface area contributed by atoms with Crippen LogP contribution in [0.4, 0.5) is 13.2 Å². The second-order valence-corrected chi connectivity index (χ2v) is 5.89. The van der Waals surface area contributed by atoms with E-state index in [0.29, 0.717) is 11.3 Å². The largest absolute Gasteiger partial charge is 0.497 e. The average molecular weight is 395 g/mol. The van der Waals surface area contributed by atoms with E-state index in [1.165, 1.54) is 20.3 Å². The maximum Gasteiger partial charge on any atom is 0.417 e. The van der Waals surface area contributed by atoms with Crippen LogP contribution >= 0.6 is 0 Å². The van der Waals surface area contributed by atoms with Gasteiger partial charge in [-0.15, -0.1) is 0 Å². The fraction of sp³-hybridized carbons (Fsp3) is 0.278. The fourth-order valence-electron chi connectivity index (χ4n) is 2.82. The molecule has 1 aromatic carbocycles. The number of methoxy groups -OCH3 is 2. The van der Waals surface area contributed by atoms with Crippen LogP contribution in [-0.4, -0.2) is 35.4 Å². The molecule has 10 heteroatoms. The van der Waals surface area contributed by atoms with Gasteiger partial charge in [-0.05, 0) is 18.2 Å². The van der Waals surface area contributed by atoms with Crippen LogP contribution in [0.1, 0.15) is 5.56 Å². The van der Waals surface area contributed by atoms with Crippen molar-refractivity contribution in [2.45, 2.75) is 12.7 Å². The summed E-state index contributed by atoms with van der Waals surface area (Å²) in [6, 6.07) is 7.09. The third-order valence-corrected chi connectivity index (χ3v) is 4.14. The number of ether oxygens (including phenoxy) is 2. The highest BCUT2D eigenvalue weighted by Gasteiger charge is 2.35. The predicted molar refractivity (Wildman–Crippen MR) is 95.5 cm³/mol. The van der Waals surface area contributed by atoms with Gasteiger partial charge in [0.2, 0.25) is 0 Å². The molecule has 3 aromatic rings. The summed E-state index contributed by atoms with van der Waals surface area (Å²) in [6.07, 6.45) is -4.83. The summed E-state index contributed by atoms with van der Waals surface area (Å²) in [5.41, 5.74) is -3.25. The van der Waals surface area contributed by atoms with Gasteiger partial charge in [0.05, 0.1) is 36.9 Å². The quantitative estimate of drug-likeness (QED) is 0.717. The lowest BCUT2D eigenvalue weighted by Gasteiger charge is -2.15. The van der Waals surface area contributed by atoms with Crippen molar-refractivity contribution in [3.05, 3.63) is 56.7 Å². The molecule has 0 aliphatic heterocycles.